The van der Waals surface area contributed by atoms with Crippen molar-refractivity contribution < 1.29 is 18.9 Å². The fourth-order valence-electron chi connectivity index (χ4n) is 6.93. The molecule has 10 heteroatoms. The molecule has 0 fully saturated rings. The first-order chi connectivity index (χ1) is 30.4. The van der Waals surface area contributed by atoms with Crippen LogP contribution in [0.4, 0.5) is 34.1 Å². The molecule has 0 radical (unpaired) electrons. The van der Waals surface area contributed by atoms with Crippen molar-refractivity contribution >= 4 is 34.1 Å². The largest absolute Gasteiger partial charge is 0.494 e. The summed E-state index contributed by atoms with van der Waals surface area (Å²) in [5, 5.41) is 17.3. The minimum Gasteiger partial charge on any atom is -0.494 e. The standard InChI is InChI=1S/C52H60N6O4/c1-3-59-47-25-17-43(18-26-47)55-57-45-21-29-49(30-22-45)61-35-11-7-5-9-13-41-37-39(15-33-51(41)53)40-16-34-52(54)42(38-40)14-10-6-8-12-36-62-50-31-23-46(24-32-50)58-56-44-19-27-48(28-20-44)60-4-2/h15-34,37-38H,3-14,35-36,53-54H2,1-2H3. The van der Waals surface area contributed by atoms with Gasteiger partial charge in [0.2, 0.25) is 0 Å². The Morgan fingerprint density at radius 1 is 0.355 bits per heavy atom. The predicted octanol–water partition coefficient (Wildman–Crippen LogP) is 14.5. The zero-order chi connectivity index (χ0) is 43.2. The van der Waals surface area contributed by atoms with E-state index in [2.05, 4.69) is 44.7 Å². The summed E-state index contributed by atoms with van der Waals surface area (Å²) >= 11 is 0. The van der Waals surface area contributed by atoms with E-state index in [0.29, 0.717) is 26.4 Å². The highest BCUT2D eigenvalue weighted by atomic mass is 16.5. The summed E-state index contributed by atoms with van der Waals surface area (Å²) in [6.45, 7) is 6.56. The van der Waals surface area contributed by atoms with Crippen molar-refractivity contribution in [3.8, 4) is 34.1 Å². The molecule has 0 unspecified atom stereocenters. The Morgan fingerprint density at radius 3 is 0.984 bits per heavy atom. The Morgan fingerprint density at radius 2 is 0.661 bits per heavy atom. The molecule has 0 bridgehead atoms. The molecule has 0 saturated heterocycles. The highest BCUT2D eigenvalue weighted by molar-refractivity contribution is 5.71. The molecule has 0 aliphatic rings. The number of nitrogen functional groups attached to an aromatic ring is 2. The predicted molar refractivity (Wildman–Crippen MR) is 252 cm³/mol. The van der Waals surface area contributed by atoms with E-state index in [0.717, 1.165) is 121 Å². The summed E-state index contributed by atoms with van der Waals surface area (Å²) in [7, 11) is 0. The minimum atomic E-state index is 0.637. The molecule has 6 aromatic rings. The number of aryl methyl sites for hydroxylation is 2. The van der Waals surface area contributed by atoms with E-state index in [9.17, 15) is 0 Å². The van der Waals surface area contributed by atoms with E-state index < -0.39 is 0 Å². The second-order valence-corrected chi connectivity index (χ2v) is 15.1. The highest BCUT2D eigenvalue weighted by Crippen LogP contribution is 2.30. The third-order valence-electron chi connectivity index (χ3n) is 10.4. The Kier molecular flexibility index (Phi) is 17.8. The third kappa shape index (κ3) is 14.8. The highest BCUT2D eigenvalue weighted by Gasteiger charge is 2.08. The van der Waals surface area contributed by atoms with Gasteiger partial charge in [0.25, 0.3) is 0 Å². The van der Waals surface area contributed by atoms with Crippen LogP contribution < -0.4 is 30.4 Å². The van der Waals surface area contributed by atoms with Gasteiger partial charge in [0, 0.05) is 11.4 Å². The van der Waals surface area contributed by atoms with Crippen molar-refractivity contribution in [2.24, 2.45) is 20.5 Å². The maximum Gasteiger partial charge on any atom is 0.119 e. The van der Waals surface area contributed by atoms with E-state index >= 15 is 0 Å². The number of unbranched alkanes of at least 4 members (excludes halogenated alkanes) is 6. The Labute approximate surface area is 367 Å². The van der Waals surface area contributed by atoms with E-state index in [1.165, 1.54) is 22.3 Å². The lowest BCUT2D eigenvalue weighted by Crippen LogP contribution is -1.99. The number of nitrogens with zero attached hydrogens (tertiary/aromatic N) is 4. The minimum absolute atomic E-state index is 0.637. The second kappa shape index (κ2) is 24.5. The lowest BCUT2D eigenvalue weighted by atomic mass is 9.95. The molecule has 322 valence electrons. The Bertz CT molecular complexity index is 2130. The van der Waals surface area contributed by atoms with Crippen molar-refractivity contribution in [3.05, 3.63) is 145 Å². The maximum absolute atomic E-state index is 6.44. The molecular weight excluding hydrogens is 773 g/mol. The van der Waals surface area contributed by atoms with Gasteiger partial charge in [0.05, 0.1) is 49.2 Å². The number of anilines is 2. The van der Waals surface area contributed by atoms with Crippen LogP contribution in [0.2, 0.25) is 0 Å². The monoisotopic (exact) mass is 832 g/mol. The van der Waals surface area contributed by atoms with Crippen LogP contribution in [0.5, 0.6) is 23.0 Å². The topological polar surface area (TPSA) is 138 Å². The zero-order valence-electron chi connectivity index (χ0n) is 36.2. The van der Waals surface area contributed by atoms with Gasteiger partial charge in [-0.3, -0.25) is 0 Å². The Hall–Kier alpha value is -6.68. The smallest absolute Gasteiger partial charge is 0.119 e. The van der Waals surface area contributed by atoms with Crippen molar-refractivity contribution in [1.29, 1.82) is 0 Å². The first kappa shape index (κ1) is 44.9. The van der Waals surface area contributed by atoms with Crippen LogP contribution in [0, 0.1) is 0 Å². The molecule has 6 aromatic carbocycles. The summed E-state index contributed by atoms with van der Waals surface area (Å²) < 4.78 is 22.9. The van der Waals surface area contributed by atoms with Crippen LogP contribution in [0.15, 0.2) is 154 Å². The van der Waals surface area contributed by atoms with E-state index in [-0.39, 0.29) is 0 Å². The average Bonchev–Trinajstić information content (AvgIpc) is 3.30. The fraction of sp³-hybridized carbons (Fsp3) is 0.308. The van der Waals surface area contributed by atoms with E-state index in [4.69, 9.17) is 30.4 Å². The molecule has 6 rings (SSSR count). The van der Waals surface area contributed by atoms with Gasteiger partial charge < -0.3 is 30.4 Å². The number of nitrogens with two attached hydrogens (primary N) is 2. The number of azo groups is 2. The van der Waals surface area contributed by atoms with Crippen molar-refractivity contribution in [2.75, 3.05) is 37.9 Å². The quantitative estimate of drug-likeness (QED) is 0.0334. The summed E-state index contributed by atoms with van der Waals surface area (Å²) in [6, 6.07) is 43.4. The molecule has 0 spiro atoms. The second-order valence-electron chi connectivity index (χ2n) is 15.1. The van der Waals surface area contributed by atoms with Crippen LogP contribution in [-0.2, 0) is 12.8 Å². The SMILES string of the molecule is CCOc1ccc(N=Nc2ccc(OCCCCCCc3cc(-c4ccc(N)c(CCCCCCOc5ccc(N=Nc6ccc(OCC)cc6)cc5)c4)ccc3N)cc2)cc1. The maximum atomic E-state index is 6.44. The summed E-state index contributed by atoms with van der Waals surface area (Å²) in [6.07, 6.45) is 10.4. The number of hydrogen-bond acceptors (Lipinski definition) is 10. The van der Waals surface area contributed by atoms with Crippen molar-refractivity contribution in [3.63, 3.8) is 0 Å². The van der Waals surface area contributed by atoms with Gasteiger partial charge in [0.15, 0.2) is 0 Å². The fourth-order valence-corrected chi connectivity index (χ4v) is 6.93. The molecule has 0 aliphatic carbocycles. The lowest BCUT2D eigenvalue weighted by molar-refractivity contribution is 0.304. The molecule has 4 N–H and O–H groups in total. The van der Waals surface area contributed by atoms with Crippen molar-refractivity contribution in [1.82, 2.24) is 0 Å². The van der Waals surface area contributed by atoms with Gasteiger partial charge in [0.1, 0.15) is 23.0 Å². The molecule has 0 aliphatic heterocycles. The molecule has 0 saturated carbocycles. The molecule has 62 heavy (non-hydrogen) atoms. The van der Waals surface area contributed by atoms with Gasteiger partial charge in [-0.05, 0) is 196 Å². The summed E-state index contributed by atoms with van der Waals surface area (Å²) in [4.78, 5) is 0. The van der Waals surface area contributed by atoms with Crippen molar-refractivity contribution in [2.45, 2.75) is 78.1 Å². The molecule has 0 aromatic heterocycles. The number of rotatable bonds is 25. The molecule has 10 nitrogen and oxygen atoms in total. The molecule has 0 atom stereocenters. The zero-order valence-corrected chi connectivity index (χ0v) is 36.2. The van der Waals surface area contributed by atoms with Crippen LogP contribution in [-0.4, -0.2) is 26.4 Å². The van der Waals surface area contributed by atoms with Gasteiger partial charge in [-0.1, -0.05) is 37.8 Å². The first-order valence-electron chi connectivity index (χ1n) is 22.0. The van der Waals surface area contributed by atoms with Crippen LogP contribution in [0.3, 0.4) is 0 Å². The lowest BCUT2D eigenvalue weighted by Gasteiger charge is -2.12. The molecule has 0 heterocycles. The third-order valence-corrected chi connectivity index (χ3v) is 10.4. The van der Waals surface area contributed by atoms with E-state index in [1.807, 2.05) is 123 Å². The normalized spacial score (nSPS) is 11.3. The van der Waals surface area contributed by atoms with E-state index in [1.54, 1.807) is 0 Å². The summed E-state index contributed by atoms with van der Waals surface area (Å²) in [5.74, 6) is 3.32. The van der Waals surface area contributed by atoms with Crippen LogP contribution in [0.1, 0.15) is 76.3 Å². The molecule has 0 amide bonds. The number of hydrogen-bond donors (Lipinski definition) is 2. The van der Waals surface area contributed by atoms with Crippen LogP contribution >= 0.6 is 0 Å². The first-order valence-corrected chi connectivity index (χ1v) is 22.0. The van der Waals surface area contributed by atoms with Gasteiger partial charge >= 0.3 is 0 Å². The number of ether oxygens (including phenoxy) is 4. The number of benzene rings is 6. The van der Waals surface area contributed by atoms with Gasteiger partial charge in [-0.25, -0.2) is 0 Å². The molecular formula is C52H60N6O4. The van der Waals surface area contributed by atoms with Gasteiger partial charge in [-0.2, -0.15) is 20.5 Å². The Balaban J connectivity index is 0.846. The summed E-state index contributed by atoms with van der Waals surface area (Å²) in [5.41, 5.74) is 22.4. The van der Waals surface area contributed by atoms with Gasteiger partial charge in [-0.15, -0.1) is 0 Å². The average molecular weight is 833 g/mol. The van der Waals surface area contributed by atoms with Crippen LogP contribution in [0.25, 0.3) is 11.1 Å².